The molecule has 0 fully saturated rings. The summed E-state index contributed by atoms with van der Waals surface area (Å²) in [6.45, 7) is 6.24. The van der Waals surface area contributed by atoms with Gasteiger partial charge in [0.25, 0.3) is 0 Å². The molecule has 0 aromatic heterocycles. The standard InChI is InChI=1S/C18H20O/c1-4-18(2,16-8-6-5-7-9-16)14-15-10-12-17(19-3)13-11-15/h4-13H,1,14H2,2-3H3. The van der Waals surface area contributed by atoms with Gasteiger partial charge in [0.05, 0.1) is 7.11 Å². The van der Waals surface area contributed by atoms with Gasteiger partial charge in [-0.3, -0.25) is 0 Å². The second-order valence-corrected chi connectivity index (χ2v) is 5.01. The lowest BCUT2D eigenvalue weighted by Gasteiger charge is -2.26. The zero-order chi connectivity index (χ0) is 13.7. The number of ether oxygens (including phenoxy) is 1. The molecule has 0 spiro atoms. The Bertz CT molecular complexity index is 527. The fourth-order valence-electron chi connectivity index (χ4n) is 2.28. The van der Waals surface area contributed by atoms with Crippen molar-refractivity contribution < 1.29 is 4.74 Å². The van der Waals surface area contributed by atoms with Gasteiger partial charge in [-0.2, -0.15) is 0 Å². The summed E-state index contributed by atoms with van der Waals surface area (Å²) < 4.78 is 5.19. The van der Waals surface area contributed by atoms with Crippen LogP contribution in [0.2, 0.25) is 0 Å². The van der Waals surface area contributed by atoms with Crippen LogP contribution in [0, 0.1) is 0 Å². The minimum atomic E-state index is -0.0458. The second kappa shape index (κ2) is 5.75. The molecule has 0 aliphatic carbocycles. The summed E-state index contributed by atoms with van der Waals surface area (Å²) in [5, 5.41) is 0. The van der Waals surface area contributed by atoms with E-state index >= 15 is 0 Å². The van der Waals surface area contributed by atoms with E-state index in [9.17, 15) is 0 Å². The molecular formula is C18H20O. The van der Waals surface area contributed by atoms with Gasteiger partial charge in [0.2, 0.25) is 0 Å². The largest absolute Gasteiger partial charge is 0.497 e. The summed E-state index contributed by atoms with van der Waals surface area (Å²) in [6.07, 6.45) is 2.97. The maximum Gasteiger partial charge on any atom is 0.118 e. The van der Waals surface area contributed by atoms with Crippen LogP contribution in [0.1, 0.15) is 18.1 Å². The van der Waals surface area contributed by atoms with Crippen molar-refractivity contribution in [3.63, 3.8) is 0 Å². The van der Waals surface area contributed by atoms with Gasteiger partial charge in [-0.1, -0.05) is 55.5 Å². The molecule has 0 bridgehead atoms. The third-order valence-electron chi connectivity index (χ3n) is 3.61. The van der Waals surface area contributed by atoms with E-state index in [1.54, 1.807) is 7.11 Å². The molecule has 1 nitrogen and oxygen atoms in total. The third-order valence-corrected chi connectivity index (χ3v) is 3.61. The van der Waals surface area contributed by atoms with Crippen molar-refractivity contribution >= 4 is 0 Å². The molecule has 2 rings (SSSR count). The lowest BCUT2D eigenvalue weighted by atomic mass is 9.77. The first-order chi connectivity index (χ1) is 9.18. The van der Waals surface area contributed by atoms with Crippen LogP contribution >= 0.6 is 0 Å². The zero-order valence-corrected chi connectivity index (χ0v) is 11.6. The second-order valence-electron chi connectivity index (χ2n) is 5.01. The van der Waals surface area contributed by atoms with Crippen molar-refractivity contribution in [2.24, 2.45) is 0 Å². The highest BCUT2D eigenvalue weighted by atomic mass is 16.5. The molecule has 2 aromatic carbocycles. The van der Waals surface area contributed by atoms with Crippen molar-refractivity contribution in [1.29, 1.82) is 0 Å². The van der Waals surface area contributed by atoms with Gasteiger partial charge in [-0.15, -0.1) is 6.58 Å². The Labute approximate surface area is 115 Å². The van der Waals surface area contributed by atoms with Crippen LogP contribution < -0.4 is 4.74 Å². The highest BCUT2D eigenvalue weighted by molar-refractivity contribution is 5.35. The predicted molar refractivity (Wildman–Crippen MR) is 80.7 cm³/mol. The zero-order valence-electron chi connectivity index (χ0n) is 11.6. The lowest BCUT2D eigenvalue weighted by Crippen LogP contribution is -2.21. The molecule has 98 valence electrons. The number of allylic oxidation sites excluding steroid dienone is 1. The SMILES string of the molecule is C=CC(C)(Cc1ccc(OC)cc1)c1ccccc1. The predicted octanol–water partition coefficient (Wildman–Crippen LogP) is 4.38. The van der Waals surface area contributed by atoms with E-state index < -0.39 is 0 Å². The van der Waals surface area contributed by atoms with Crippen molar-refractivity contribution in [3.05, 3.63) is 78.4 Å². The molecule has 0 amide bonds. The van der Waals surface area contributed by atoms with Crippen LogP contribution in [-0.2, 0) is 11.8 Å². The first-order valence-electron chi connectivity index (χ1n) is 6.50. The van der Waals surface area contributed by atoms with E-state index in [0.29, 0.717) is 0 Å². The highest BCUT2D eigenvalue weighted by Crippen LogP contribution is 2.29. The summed E-state index contributed by atoms with van der Waals surface area (Å²) in [7, 11) is 1.69. The average Bonchev–Trinajstić information content (AvgIpc) is 2.49. The number of rotatable bonds is 5. The van der Waals surface area contributed by atoms with Gasteiger partial charge in [-0.25, -0.2) is 0 Å². The van der Waals surface area contributed by atoms with Gasteiger partial charge in [0.1, 0.15) is 5.75 Å². The van der Waals surface area contributed by atoms with Gasteiger partial charge < -0.3 is 4.74 Å². The molecule has 1 atom stereocenters. The molecule has 0 heterocycles. The lowest BCUT2D eigenvalue weighted by molar-refractivity contribution is 0.414. The maximum absolute atomic E-state index is 5.19. The Morgan fingerprint density at radius 1 is 1.05 bits per heavy atom. The molecule has 1 unspecified atom stereocenters. The number of methoxy groups -OCH3 is 1. The van der Waals surface area contributed by atoms with Crippen molar-refractivity contribution in [1.82, 2.24) is 0 Å². The fraction of sp³-hybridized carbons (Fsp3) is 0.222. The normalized spacial score (nSPS) is 13.6. The Morgan fingerprint density at radius 3 is 2.21 bits per heavy atom. The molecule has 1 heteroatoms. The number of hydrogen-bond donors (Lipinski definition) is 0. The van der Waals surface area contributed by atoms with Crippen LogP contribution in [0.5, 0.6) is 5.75 Å². The van der Waals surface area contributed by atoms with Crippen LogP contribution in [0.4, 0.5) is 0 Å². The minimum Gasteiger partial charge on any atom is -0.497 e. The van der Waals surface area contributed by atoms with Crippen molar-refractivity contribution in [2.45, 2.75) is 18.8 Å². The van der Waals surface area contributed by atoms with E-state index in [4.69, 9.17) is 4.74 Å². The first-order valence-corrected chi connectivity index (χ1v) is 6.50. The molecule has 0 aliphatic rings. The Hall–Kier alpha value is -2.02. The molecule has 2 aromatic rings. The summed E-state index contributed by atoms with van der Waals surface area (Å²) in [5.74, 6) is 0.892. The Balaban J connectivity index is 2.25. The van der Waals surface area contributed by atoms with E-state index in [1.165, 1.54) is 11.1 Å². The summed E-state index contributed by atoms with van der Waals surface area (Å²) in [4.78, 5) is 0. The monoisotopic (exact) mass is 252 g/mol. The third kappa shape index (κ3) is 3.05. The highest BCUT2D eigenvalue weighted by Gasteiger charge is 2.22. The molecule has 0 aliphatic heterocycles. The summed E-state index contributed by atoms with van der Waals surface area (Å²) in [5.41, 5.74) is 2.53. The van der Waals surface area contributed by atoms with Crippen molar-refractivity contribution in [2.75, 3.05) is 7.11 Å². The van der Waals surface area contributed by atoms with Gasteiger partial charge >= 0.3 is 0 Å². The summed E-state index contributed by atoms with van der Waals surface area (Å²) in [6, 6.07) is 18.7. The van der Waals surface area contributed by atoms with E-state index in [-0.39, 0.29) is 5.41 Å². The van der Waals surface area contributed by atoms with E-state index in [1.807, 2.05) is 24.3 Å². The molecule has 0 saturated carbocycles. The average molecular weight is 252 g/mol. The molecule has 0 N–H and O–H groups in total. The number of hydrogen-bond acceptors (Lipinski definition) is 1. The first kappa shape index (κ1) is 13.4. The minimum absolute atomic E-state index is 0.0458. The van der Waals surface area contributed by atoms with E-state index in [2.05, 4.69) is 49.9 Å². The summed E-state index contributed by atoms with van der Waals surface area (Å²) >= 11 is 0. The van der Waals surface area contributed by atoms with Gasteiger partial charge in [0.15, 0.2) is 0 Å². The molecule has 0 saturated heterocycles. The van der Waals surface area contributed by atoms with Crippen LogP contribution in [-0.4, -0.2) is 7.11 Å². The molecule has 0 radical (unpaired) electrons. The molecule has 19 heavy (non-hydrogen) atoms. The Kier molecular flexibility index (Phi) is 4.06. The van der Waals surface area contributed by atoms with Crippen LogP contribution in [0.15, 0.2) is 67.3 Å². The Morgan fingerprint density at radius 2 is 1.68 bits per heavy atom. The van der Waals surface area contributed by atoms with E-state index in [0.717, 1.165) is 12.2 Å². The topological polar surface area (TPSA) is 9.23 Å². The van der Waals surface area contributed by atoms with Crippen LogP contribution in [0.25, 0.3) is 0 Å². The van der Waals surface area contributed by atoms with Gasteiger partial charge in [0, 0.05) is 5.41 Å². The quantitative estimate of drug-likeness (QED) is 0.717. The maximum atomic E-state index is 5.19. The molecular weight excluding hydrogens is 232 g/mol. The number of benzene rings is 2. The fourth-order valence-corrected chi connectivity index (χ4v) is 2.28. The van der Waals surface area contributed by atoms with Gasteiger partial charge in [-0.05, 0) is 29.7 Å². The van der Waals surface area contributed by atoms with Crippen molar-refractivity contribution in [3.8, 4) is 5.75 Å². The van der Waals surface area contributed by atoms with Crippen LogP contribution in [0.3, 0.4) is 0 Å². The smallest absolute Gasteiger partial charge is 0.118 e.